The zero-order chi connectivity index (χ0) is 19.0. The van der Waals surface area contributed by atoms with Crippen LogP contribution in [0.4, 0.5) is 0 Å². The van der Waals surface area contributed by atoms with E-state index in [1.165, 1.54) is 0 Å². The maximum atomic E-state index is 13.1. The maximum Gasteiger partial charge on any atom is 0.243 e. The van der Waals surface area contributed by atoms with E-state index in [-0.39, 0.29) is 6.04 Å². The molecule has 2 aromatic heterocycles. The standard InChI is InChI=1S/C20H22N4O2S/c1-15-5-3-4-6-19(15)27(25,26)23-12-9-18(14-23)24-16(2)13-22-20(24)17-7-10-21-11-8-17/h3-8,10-11,13,18H,9,12,14H2,1-2H3. The number of aromatic nitrogens is 3. The van der Waals surface area contributed by atoms with Crippen molar-refractivity contribution in [3.63, 3.8) is 0 Å². The van der Waals surface area contributed by atoms with Crippen LogP contribution >= 0.6 is 0 Å². The summed E-state index contributed by atoms with van der Waals surface area (Å²) in [6, 6.07) is 11.1. The fraction of sp³-hybridized carbons (Fsp3) is 0.300. The van der Waals surface area contributed by atoms with Gasteiger partial charge in [-0.25, -0.2) is 13.4 Å². The molecule has 1 atom stereocenters. The molecule has 0 spiro atoms. The molecule has 6 nitrogen and oxygen atoms in total. The molecule has 3 heterocycles. The van der Waals surface area contributed by atoms with E-state index in [4.69, 9.17) is 0 Å². The lowest BCUT2D eigenvalue weighted by molar-refractivity contribution is 0.450. The Morgan fingerprint density at radius 3 is 2.56 bits per heavy atom. The van der Waals surface area contributed by atoms with Gasteiger partial charge < -0.3 is 4.57 Å². The molecule has 27 heavy (non-hydrogen) atoms. The van der Waals surface area contributed by atoms with E-state index in [0.29, 0.717) is 18.0 Å². The van der Waals surface area contributed by atoms with Crippen LogP contribution in [0, 0.1) is 13.8 Å². The van der Waals surface area contributed by atoms with E-state index >= 15 is 0 Å². The van der Waals surface area contributed by atoms with Gasteiger partial charge in [-0.2, -0.15) is 4.31 Å². The Morgan fingerprint density at radius 1 is 1.07 bits per heavy atom. The lowest BCUT2D eigenvalue weighted by Crippen LogP contribution is -2.30. The molecule has 0 N–H and O–H groups in total. The van der Waals surface area contributed by atoms with Crippen LogP contribution in [0.15, 0.2) is 59.9 Å². The van der Waals surface area contributed by atoms with Gasteiger partial charge in [0.1, 0.15) is 5.82 Å². The van der Waals surface area contributed by atoms with Crippen molar-refractivity contribution in [1.82, 2.24) is 18.8 Å². The quantitative estimate of drug-likeness (QED) is 0.695. The second-order valence-corrected chi connectivity index (χ2v) is 8.81. The summed E-state index contributed by atoms with van der Waals surface area (Å²) in [6.07, 6.45) is 6.09. The lowest BCUT2D eigenvalue weighted by Gasteiger charge is -2.20. The van der Waals surface area contributed by atoms with Gasteiger partial charge in [0, 0.05) is 42.9 Å². The van der Waals surface area contributed by atoms with E-state index in [1.807, 2.05) is 44.3 Å². The summed E-state index contributed by atoms with van der Waals surface area (Å²) >= 11 is 0. The van der Waals surface area contributed by atoms with Crippen LogP contribution < -0.4 is 0 Å². The van der Waals surface area contributed by atoms with Crippen LogP contribution in [0.3, 0.4) is 0 Å². The van der Waals surface area contributed by atoms with Crippen molar-refractivity contribution in [3.8, 4) is 11.4 Å². The Morgan fingerprint density at radius 2 is 1.81 bits per heavy atom. The first-order valence-corrected chi connectivity index (χ1v) is 10.4. The zero-order valence-electron chi connectivity index (χ0n) is 15.4. The Labute approximate surface area is 159 Å². The maximum absolute atomic E-state index is 13.1. The smallest absolute Gasteiger partial charge is 0.243 e. The minimum atomic E-state index is -3.49. The second-order valence-electron chi connectivity index (χ2n) is 6.90. The fourth-order valence-electron chi connectivity index (χ4n) is 3.75. The van der Waals surface area contributed by atoms with Gasteiger partial charge >= 0.3 is 0 Å². The number of imidazole rings is 1. The SMILES string of the molecule is Cc1ccccc1S(=O)(=O)N1CCC(n2c(C)cnc2-c2ccncc2)C1. The Bertz CT molecular complexity index is 1060. The minimum Gasteiger partial charge on any atom is -0.324 e. The molecule has 1 saturated heterocycles. The van der Waals surface area contributed by atoms with Gasteiger partial charge in [-0.1, -0.05) is 18.2 Å². The summed E-state index contributed by atoms with van der Waals surface area (Å²) in [5, 5.41) is 0. The highest BCUT2D eigenvalue weighted by Crippen LogP contribution is 2.32. The Balaban J connectivity index is 1.65. The molecule has 3 aromatic rings. The van der Waals surface area contributed by atoms with Crippen LogP contribution in [0.2, 0.25) is 0 Å². The summed E-state index contributed by atoms with van der Waals surface area (Å²) < 4.78 is 30.0. The van der Waals surface area contributed by atoms with Crippen molar-refractivity contribution < 1.29 is 8.42 Å². The largest absolute Gasteiger partial charge is 0.324 e. The number of pyridine rings is 1. The van der Waals surface area contributed by atoms with Crippen molar-refractivity contribution in [2.75, 3.05) is 13.1 Å². The average Bonchev–Trinajstić information content (AvgIpc) is 3.29. The molecule has 4 rings (SSSR count). The lowest BCUT2D eigenvalue weighted by atomic mass is 10.2. The molecule has 140 valence electrons. The summed E-state index contributed by atoms with van der Waals surface area (Å²) in [5.74, 6) is 0.857. The highest BCUT2D eigenvalue weighted by Gasteiger charge is 2.35. The number of benzene rings is 1. The fourth-order valence-corrected chi connectivity index (χ4v) is 5.46. The zero-order valence-corrected chi connectivity index (χ0v) is 16.2. The number of hydrogen-bond acceptors (Lipinski definition) is 4. The van der Waals surface area contributed by atoms with E-state index in [0.717, 1.165) is 29.1 Å². The number of aryl methyl sites for hydroxylation is 2. The minimum absolute atomic E-state index is 0.0643. The van der Waals surface area contributed by atoms with Gasteiger partial charge in [0.25, 0.3) is 0 Å². The van der Waals surface area contributed by atoms with Crippen molar-refractivity contribution in [2.24, 2.45) is 0 Å². The van der Waals surface area contributed by atoms with Gasteiger partial charge in [0.2, 0.25) is 10.0 Å². The third-order valence-electron chi connectivity index (χ3n) is 5.12. The number of nitrogens with zero attached hydrogens (tertiary/aromatic N) is 4. The summed E-state index contributed by atoms with van der Waals surface area (Å²) in [6.45, 7) is 4.80. The summed E-state index contributed by atoms with van der Waals surface area (Å²) in [4.78, 5) is 9.01. The van der Waals surface area contributed by atoms with Crippen LogP contribution in [0.25, 0.3) is 11.4 Å². The van der Waals surface area contributed by atoms with Gasteiger partial charge in [-0.05, 0) is 44.0 Å². The first kappa shape index (κ1) is 17.9. The molecule has 1 aliphatic rings. The second kappa shape index (κ2) is 6.90. The van der Waals surface area contributed by atoms with Crippen molar-refractivity contribution in [3.05, 3.63) is 66.2 Å². The van der Waals surface area contributed by atoms with Crippen LogP contribution in [0.1, 0.15) is 23.7 Å². The average molecular weight is 382 g/mol. The summed E-state index contributed by atoms with van der Waals surface area (Å²) in [7, 11) is -3.49. The van der Waals surface area contributed by atoms with Crippen LogP contribution in [0.5, 0.6) is 0 Å². The molecule has 0 saturated carbocycles. The Kier molecular flexibility index (Phi) is 4.57. The molecule has 1 fully saturated rings. The third-order valence-corrected chi connectivity index (χ3v) is 7.15. The van der Waals surface area contributed by atoms with E-state index < -0.39 is 10.0 Å². The molecule has 1 aliphatic heterocycles. The van der Waals surface area contributed by atoms with Crippen molar-refractivity contribution >= 4 is 10.0 Å². The number of hydrogen-bond donors (Lipinski definition) is 0. The normalized spacial score (nSPS) is 18.1. The van der Waals surface area contributed by atoms with E-state index in [2.05, 4.69) is 14.5 Å². The molecular formula is C20H22N4O2S. The first-order chi connectivity index (χ1) is 13.0. The van der Waals surface area contributed by atoms with Gasteiger partial charge in [-0.15, -0.1) is 0 Å². The topological polar surface area (TPSA) is 68.1 Å². The molecule has 0 bridgehead atoms. The molecule has 1 aromatic carbocycles. The van der Waals surface area contributed by atoms with Gasteiger partial charge in [0.15, 0.2) is 0 Å². The molecule has 7 heteroatoms. The monoisotopic (exact) mass is 382 g/mol. The third kappa shape index (κ3) is 3.17. The molecule has 1 unspecified atom stereocenters. The molecular weight excluding hydrogens is 360 g/mol. The van der Waals surface area contributed by atoms with Crippen LogP contribution in [-0.4, -0.2) is 40.3 Å². The van der Waals surface area contributed by atoms with Gasteiger partial charge in [0.05, 0.1) is 10.9 Å². The van der Waals surface area contributed by atoms with E-state index in [1.54, 1.807) is 28.8 Å². The molecule has 0 radical (unpaired) electrons. The highest BCUT2D eigenvalue weighted by atomic mass is 32.2. The first-order valence-electron chi connectivity index (χ1n) is 8.98. The van der Waals surface area contributed by atoms with Crippen molar-refractivity contribution in [2.45, 2.75) is 31.2 Å². The Hall–Kier alpha value is -2.51. The number of sulfonamides is 1. The molecule has 0 aliphatic carbocycles. The predicted molar refractivity (Wildman–Crippen MR) is 104 cm³/mol. The highest BCUT2D eigenvalue weighted by molar-refractivity contribution is 7.89. The van der Waals surface area contributed by atoms with Crippen LogP contribution in [-0.2, 0) is 10.0 Å². The number of rotatable bonds is 4. The van der Waals surface area contributed by atoms with Gasteiger partial charge in [-0.3, -0.25) is 4.98 Å². The summed E-state index contributed by atoms with van der Waals surface area (Å²) in [5.41, 5.74) is 2.79. The van der Waals surface area contributed by atoms with Crippen molar-refractivity contribution in [1.29, 1.82) is 0 Å². The predicted octanol–water partition coefficient (Wildman–Crippen LogP) is 3.20. The van der Waals surface area contributed by atoms with E-state index in [9.17, 15) is 8.42 Å². The molecule has 0 amide bonds.